The highest BCUT2D eigenvalue weighted by atomic mass is 16.2. The molecule has 0 aliphatic rings. The Balaban J connectivity index is 2.20. The van der Waals surface area contributed by atoms with Crippen molar-refractivity contribution in [2.45, 2.75) is 39.8 Å². The van der Waals surface area contributed by atoms with Crippen molar-refractivity contribution >= 4 is 17.5 Å². The molecule has 1 aromatic carbocycles. The van der Waals surface area contributed by atoms with E-state index in [-0.39, 0.29) is 30.1 Å². The standard InChI is InChI=1S/C19H23N3O3/c1-4-13(2)20-17(23)12-22-14(3)10-11-16(19(22)25)21-18(24)15-8-6-5-7-9-15/h5-11,13H,4,12H2,1-3H3,(H,20,23)(H,21,24). The normalized spacial score (nSPS) is 11.6. The largest absolute Gasteiger partial charge is 0.352 e. The predicted molar refractivity (Wildman–Crippen MR) is 97.7 cm³/mol. The van der Waals surface area contributed by atoms with E-state index in [9.17, 15) is 14.4 Å². The van der Waals surface area contributed by atoms with Gasteiger partial charge < -0.3 is 15.2 Å². The molecule has 2 rings (SSSR count). The molecule has 6 heteroatoms. The van der Waals surface area contributed by atoms with Gasteiger partial charge in [0.05, 0.1) is 0 Å². The number of anilines is 1. The topological polar surface area (TPSA) is 80.2 Å². The number of carbonyl (C=O) groups excluding carboxylic acids is 2. The van der Waals surface area contributed by atoms with Gasteiger partial charge in [-0.25, -0.2) is 0 Å². The van der Waals surface area contributed by atoms with Gasteiger partial charge >= 0.3 is 0 Å². The van der Waals surface area contributed by atoms with Crippen LogP contribution in [-0.2, 0) is 11.3 Å². The molecule has 25 heavy (non-hydrogen) atoms. The van der Waals surface area contributed by atoms with Gasteiger partial charge in [-0.3, -0.25) is 14.4 Å². The molecule has 6 nitrogen and oxygen atoms in total. The highest BCUT2D eigenvalue weighted by Gasteiger charge is 2.14. The van der Waals surface area contributed by atoms with Crippen molar-refractivity contribution in [2.75, 3.05) is 5.32 Å². The summed E-state index contributed by atoms with van der Waals surface area (Å²) in [6, 6.07) is 12.0. The molecule has 0 saturated carbocycles. The molecule has 1 aromatic heterocycles. The third-order valence-corrected chi connectivity index (χ3v) is 4.00. The van der Waals surface area contributed by atoms with Gasteiger partial charge in [0.1, 0.15) is 12.2 Å². The number of carbonyl (C=O) groups is 2. The van der Waals surface area contributed by atoms with Crippen LogP contribution in [0, 0.1) is 6.92 Å². The smallest absolute Gasteiger partial charge is 0.274 e. The molecular formula is C19H23N3O3. The van der Waals surface area contributed by atoms with Crippen molar-refractivity contribution in [3.05, 3.63) is 64.1 Å². The van der Waals surface area contributed by atoms with E-state index in [4.69, 9.17) is 0 Å². The average Bonchev–Trinajstić information content (AvgIpc) is 2.61. The summed E-state index contributed by atoms with van der Waals surface area (Å²) in [4.78, 5) is 36.9. The van der Waals surface area contributed by atoms with Gasteiger partial charge in [0.2, 0.25) is 5.91 Å². The average molecular weight is 341 g/mol. The summed E-state index contributed by atoms with van der Waals surface area (Å²) in [7, 11) is 0. The zero-order valence-corrected chi connectivity index (χ0v) is 14.7. The Morgan fingerprint density at radius 2 is 1.80 bits per heavy atom. The molecule has 0 aliphatic heterocycles. The van der Waals surface area contributed by atoms with E-state index in [1.165, 1.54) is 4.57 Å². The Morgan fingerprint density at radius 3 is 2.44 bits per heavy atom. The second kappa shape index (κ2) is 8.28. The minimum absolute atomic E-state index is 0.0458. The van der Waals surface area contributed by atoms with Crippen LogP contribution in [0.5, 0.6) is 0 Å². The molecular weight excluding hydrogens is 318 g/mol. The number of pyridine rings is 1. The van der Waals surface area contributed by atoms with Crippen LogP contribution < -0.4 is 16.2 Å². The van der Waals surface area contributed by atoms with Gasteiger partial charge in [-0.05, 0) is 44.5 Å². The molecule has 0 fully saturated rings. The van der Waals surface area contributed by atoms with Crippen molar-refractivity contribution in [1.82, 2.24) is 9.88 Å². The third-order valence-electron chi connectivity index (χ3n) is 4.00. The number of nitrogens with zero attached hydrogens (tertiary/aromatic N) is 1. The van der Waals surface area contributed by atoms with E-state index in [1.54, 1.807) is 43.3 Å². The zero-order chi connectivity index (χ0) is 18.4. The van der Waals surface area contributed by atoms with Crippen molar-refractivity contribution in [3.63, 3.8) is 0 Å². The monoisotopic (exact) mass is 341 g/mol. The predicted octanol–water partition coefficient (Wildman–Crippen LogP) is 2.32. The molecule has 0 aliphatic carbocycles. The number of hydrogen-bond donors (Lipinski definition) is 2. The Labute approximate surface area is 146 Å². The van der Waals surface area contributed by atoms with Crippen LogP contribution in [0.3, 0.4) is 0 Å². The molecule has 0 bridgehead atoms. The Morgan fingerprint density at radius 1 is 1.12 bits per heavy atom. The van der Waals surface area contributed by atoms with Crippen molar-refractivity contribution in [2.24, 2.45) is 0 Å². The van der Waals surface area contributed by atoms with Gasteiger partial charge in [-0.1, -0.05) is 25.1 Å². The summed E-state index contributed by atoms with van der Waals surface area (Å²) in [6.45, 7) is 5.55. The lowest BCUT2D eigenvalue weighted by atomic mass is 10.2. The van der Waals surface area contributed by atoms with E-state index in [2.05, 4.69) is 10.6 Å². The van der Waals surface area contributed by atoms with Crippen LogP contribution in [0.15, 0.2) is 47.3 Å². The van der Waals surface area contributed by atoms with Crippen molar-refractivity contribution in [1.29, 1.82) is 0 Å². The van der Waals surface area contributed by atoms with E-state index in [1.807, 2.05) is 19.9 Å². The van der Waals surface area contributed by atoms with Crippen molar-refractivity contribution < 1.29 is 9.59 Å². The van der Waals surface area contributed by atoms with Crippen LogP contribution in [0.4, 0.5) is 5.69 Å². The number of benzene rings is 1. The Kier molecular flexibility index (Phi) is 6.11. The van der Waals surface area contributed by atoms with E-state index >= 15 is 0 Å². The fourth-order valence-electron chi connectivity index (χ4n) is 2.31. The van der Waals surface area contributed by atoms with Crippen LogP contribution in [-0.4, -0.2) is 22.4 Å². The lowest BCUT2D eigenvalue weighted by molar-refractivity contribution is -0.122. The van der Waals surface area contributed by atoms with Crippen LogP contribution in [0.2, 0.25) is 0 Å². The molecule has 1 atom stereocenters. The first-order valence-electron chi connectivity index (χ1n) is 8.28. The number of nitrogens with one attached hydrogen (secondary N) is 2. The molecule has 132 valence electrons. The van der Waals surface area contributed by atoms with Gasteiger partial charge in [-0.2, -0.15) is 0 Å². The van der Waals surface area contributed by atoms with Crippen LogP contribution >= 0.6 is 0 Å². The Bertz CT molecular complexity index is 812. The van der Waals surface area contributed by atoms with Gasteiger partial charge in [-0.15, -0.1) is 0 Å². The summed E-state index contributed by atoms with van der Waals surface area (Å²) >= 11 is 0. The van der Waals surface area contributed by atoms with Crippen LogP contribution in [0.1, 0.15) is 36.3 Å². The molecule has 2 N–H and O–H groups in total. The second-order valence-electron chi connectivity index (χ2n) is 5.98. The summed E-state index contributed by atoms with van der Waals surface area (Å²) in [5.74, 6) is -0.594. The number of aryl methyl sites for hydroxylation is 1. The SMILES string of the molecule is CCC(C)NC(=O)Cn1c(C)ccc(NC(=O)c2ccccc2)c1=O. The van der Waals surface area contributed by atoms with Gasteiger partial charge in [0.15, 0.2) is 0 Å². The fourth-order valence-corrected chi connectivity index (χ4v) is 2.31. The fraction of sp³-hybridized carbons (Fsp3) is 0.316. The first-order valence-corrected chi connectivity index (χ1v) is 8.28. The highest BCUT2D eigenvalue weighted by Crippen LogP contribution is 2.07. The van der Waals surface area contributed by atoms with E-state index in [0.717, 1.165) is 6.42 Å². The molecule has 0 saturated heterocycles. The molecule has 0 spiro atoms. The lowest BCUT2D eigenvalue weighted by Gasteiger charge is -2.15. The maximum atomic E-state index is 12.6. The number of hydrogen-bond acceptors (Lipinski definition) is 3. The van der Waals surface area contributed by atoms with E-state index in [0.29, 0.717) is 11.3 Å². The number of rotatable bonds is 6. The minimum Gasteiger partial charge on any atom is -0.352 e. The maximum Gasteiger partial charge on any atom is 0.274 e. The van der Waals surface area contributed by atoms with Gasteiger partial charge in [0.25, 0.3) is 11.5 Å². The summed E-state index contributed by atoms with van der Waals surface area (Å²) in [6.07, 6.45) is 0.812. The van der Waals surface area contributed by atoms with Gasteiger partial charge in [0, 0.05) is 17.3 Å². The molecule has 1 heterocycles. The quantitative estimate of drug-likeness (QED) is 0.846. The number of aromatic nitrogens is 1. The molecule has 1 unspecified atom stereocenters. The highest BCUT2D eigenvalue weighted by molar-refractivity contribution is 6.04. The molecule has 0 radical (unpaired) electrons. The van der Waals surface area contributed by atoms with E-state index < -0.39 is 5.56 Å². The Hall–Kier alpha value is -2.89. The molecule has 2 amide bonds. The summed E-state index contributed by atoms with van der Waals surface area (Å²) in [5, 5.41) is 5.45. The first kappa shape index (κ1) is 18.4. The first-order chi connectivity index (χ1) is 11.9. The lowest BCUT2D eigenvalue weighted by Crippen LogP contribution is -2.38. The molecule has 2 aromatic rings. The maximum absolute atomic E-state index is 12.6. The number of amides is 2. The van der Waals surface area contributed by atoms with Crippen LogP contribution in [0.25, 0.3) is 0 Å². The summed E-state index contributed by atoms with van der Waals surface area (Å²) < 4.78 is 1.36. The van der Waals surface area contributed by atoms with Crippen molar-refractivity contribution in [3.8, 4) is 0 Å². The third kappa shape index (κ3) is 4.79. The summed E-state index contributed by atoms with van der Waals surface area (Å²) in [5.41, 5.74) is 0.866. The second-order valence-corrected chi connectivity index (χ2v) is 5.98. The minimum atomic E-state index is -0.399. The zero-order valence-electron chi connectivity index (χ0n) is 14.7.